The molecule has 9 aliphatic carbocycles. The molecule has 0 aromatic carbocycles. The van der Waals surface area contributed by atoms with Gasteiger partial charge in [-0.15, -0.1) is 0 Å². The molecule has 6 bridgehead atoms. The van der Waals surface area contributed by atoms with Gasteiger partial charge in [-0.1, -0.05) is 49.3 Å². The van der Waals surface area contributed by atoms with Gasteiger partial charge in [0.25, 0.3) is 0 Å². The molecular formula is C40H40O22. The van der Waals surface area contributed by atoms with Gasteiger partial charge in [-0.05, 0) is 13.8 Å². The van der Waals surface area contributed by atoms with Crippen LogP contribution in [-0.4, -0.2) is 112 Å². The van der Waals surface area contributed by atoms with Crippen molar-refractivity contribution in [3.8, 4) is 0 Å². The van der Waals surface area contributed by atoms with E-state index in [1.807, 2.05) is 0 Å². The van der Waals surface area contributed by atoms with Gasteiger partial charge in [0.1, 0.15) is 0 Å². The van der Waals surface area contributed by atoms with Gasteiger partial charge in [0.2, 0.25) is 0 Å². The van der Waals surface area contributed by atoms with Crippen LogP contribution in [-0.2, 0) is 67.0 Å². The third kappa shape index (κ3) is 6.27. The molecule has 22 nitrogen and oxygen atoms in total. The summed E-state index contributed by atoms with van der Waals surface area (Å²) in [6, 6.07) is 0. The number of aliphatic carboxylic acids is 8. The van der Waals surface area contributed by atoms with Gasteiger partial charge in [0.05, 0.1) is 71.0 Å². The van der Waals surface area contributed by atoms with Crippen LogP contribution < -0.4 is 0 Å². The van der Waals surface area contributed by atoms with E-state index in [0.29, 0.717) is 0 Å². The number of allylic oxidation sites excluding steroid dienone is 6. The van der Waals surface area contributed by atoms with Gasteiger partial charge in [0, 0.05) is 34.5 Å². The first-order valence-electron chi connectivity index (χ1n) is 19.1. The SMILES string of the molecule is CC1=CC2(C)C(C(=O)O)C(C(=O)O)C1C(C(=O)O)C2C(=O)OC(=O)C1C2C=CC(C(C(=O)O)C2C(=O)O)C1C(=O)OC(=O)C1C(C(=O)O)C2C(C)=CC1(C)C(C(=O)O)C2C(=O)O. The highest BCUT2D eigenvalue weighted by molar-refractivity contribution is 5.99. The molecule has 332 valence electrons. The van der Waals surface area contributed by atoms with E-state index in [1.54, 1.807) is 0 Å². The molecule has 0 aromatic heterocycles. The van der Waals surface area contributed by atoms with Gasteiger partial charge >= 0.3 is 71.6 Å². The largest absolute Gasteiger partial charge is 0.481 e. The van der Waals surface area contributed by atoms with Crippen LogP contribution in [0, 0.1) is 106 Å². The third-order valence-corrected chi connectivity index (χ3v) is 14.5. The molecule has 18 atom stereocenters. The number of hydrogen-bond donors (Lipinski definition) is 8. The Balaban J connectivity index is 1.40. The molecule has 0 aromatic rings. The number of carboxylic acid groups (broad SMARTS) is 8. The number of ether oxygens (including phenoxy) is 2. The Morgan fingerprint density at radius 1 is 0.387 bits per heavy atom. The van der Waals surface area contributed by atoms with Crippen LogP contribution in [0.1, 0.15) is 27.7 Å². The second-order valence-corrected chi connectivity index (χ2v) is 17.4. The molecule has 3 saturated carbocycles. The van der Waals surface area contributed by atoms with Gasteiger partial charge in [-0.25, -0.2) is 0 Å². The van der Waals surface area contributed by atoms with Crippen LogP contribution in [0.4, 0.5) is 0 Å². The third-order valence-electron chi connectivity index (χ3n) is 14.5. The minimum absolute atomic E-state index is 0.107. The molecular weight excluding hydrogens is 832 g/mol. The summed E-state index contributed by atoms with van der Waals surface area (Å²) in [5, 5.41) is 81.4. The van der Waals surface area contributed by atoms with Crippen LogP contribution in [0.2, 0.25) is 0 Å². The fraction of sp³-hybridized carbons (Fsp3) is 0.550. The van der Waals surface area contributed by atoms with Crippen molar-refractivity contribution in [1.82, 2.24) is 0 Å². The number of rotatable bonds is 12. The lowest BCUT2D eigenvalue weighted by atomic mass is 9.44. The van der Waals surface area contributed by atoms with Crippen molar-refractivity contribution in [3.63, 3.8) is 0 Å². The molecule has 0 radical (unpaired) electrons. The predicted octanol–water partition coefficient (Wildman–Crippen LogP) is 0.205. The molecule has 9 rings (SSSR count). The van der Waals surface area contributed by atoms with E-state index < -0.39 is 177 Å². The molecule has 18 unspecified atom stereocenters. The summed E-state index contributed by atoms with van der Waals surface area (Å²) < 4.78 is 10.3. The molecule has 62 heavy (non-hydrogen) atoms. The molecule has 8 N–H and O–H groups in total. The van der Waals surface area contributed by atoms with Crippen LogP contribution in [0.25, 0.3) is 0 Å². The van der Waals surface area contributed by atoms with E-state index in [2.05, 4.69) is 0 Å². The molecule has 3 fully saturated rings. The maximum absolute atomic E-state index is 14.3. The summed E-state index contributed by atoms with van der Waals surface area (Å²) in [5.74, 6) is -52.3. The lowest BCUT2D eigenvalue weighted by molar-refractivity contribution is -0.199. The Morgan fingerprint density at radius 2 is 0.645 bits per heavy atom. The molecule has 9 aliphatic rings. The molecule has 0 saturated heterocycles. The minimum Gasteiger partial charge on any atom is -0.481 e. The Bertz CT molecular complexity index is 2100. The quantitative estimate of drug-likeness (QED) is 0.0737. The van der Waals surface area contributed by atoms with E-state index in [0.717, 1.165) is 26.0 Å². The minimum atomic E-state index is -2.22. The highest BCUT2D eigenvalue weighted by Gasteiger charge is 2.71. The summed E-state index contributed by atoms with van der Waals surface area (Å²) in [6.45, 7) is 4.81. The van der Waals surface area contributed by atoms with Gasteiger partial charge < -0.3 is 50.3 Å². The number of fused-ring (bicyclic) bond motifs is 6. The van der Waals surface area contributed by atoms with Gasteiger partial charge in [-0.2, -0.15) is 0 Å². The second kappa shape index (κ2) is 15.0. The van der Waals surface area contributed by atoms with Crippen molar-refractivity contribution in [2.45, 2.75) is 27.7 Å². The van der Waals surface area contributed by atoms with Crippen LogP contribution in [0.5, 0.6) is 0 Å². The monoisotopic (exact) mass is 872 g/mol. The number of carboxylic acids is 8. The number of carbonyl (C=O) groups is 12. The van der Waals surface area contributed by atoms with Crippen molar-refractivity contribution in [2.75, 3.05) is 0 Å². The predicted molar refractivity (Wildman–Crippen MR) is 192 cm³/mol. The molecule has 0 heterocycles. The maximum Gasteiger partial charge on any atom is 0.318 e. The highest BCUT2D eigenvalue weighted by Crippen LogP contribution is 2.63. The number of hydrogen-bond acceptors (Lipinski definition) is 14. The summed E-state index contributed by atoms with van der Waals surface area (Å²) in [5.41, 5.74) is -4.09. The summed E-state index contributed by atoms with van der Waals surface area (Å²) >= 11 is 0. The average Bonchev–Trinajstić information content (AvgIpc) is 3.14. The van der Waals surface area contributed by atoms with Crippen LogP contribution >= 0.6 is 0 Å². The lowest BCUT2D eigenvalue weighted by Crippen LogP contribution is -2.64. The summed E-state index contributed by atoms with van der Waals surface area (Å²) in [4.78, 5) is 157. The Labute approximate surface area is 347 Å². The number of esters is 4. The zero-order valence-corrected chi connectivity index (χ0v) is 32.8. The van der Waals surface area contributed by atoms with Crippen LogP contribution in [0.3, 0.4) is 0 Å². The molecule has 22 heteroatoms. The zero-order valence-electron chi connectivity index (χ0n) is 32.8. The molecule has 0 aliphatic heterocycles. The highest BCUT2D eigenvalue weighted by atomic mass is 16.6. The van der Waals surface area contributed by atoms with E-state index in [-0.39, 0.29) is 11.1 Å². The topological polar surface area (TPSA) is 385 Å². The first-order chi connectivity index (χ1) is 28.7. The van der Waals surface area contributed by atoms with Crippen molar-refractivity contribution >= 4 is 71.6 Å². The van der Waals surface area contributed by atoms with Gasteiger partial charge in [-0.3, -0.25) is 57.5 Å². The lowest BCUT2D eigenvalue weighted by Gasteiger charge is -2.56. The second-order valence-electron chi connectivity index (χ2n) is 17.4. The van der Waals surface area contributed by atoms with Crippen molar-refractivity contribution in [2.24, 2.45) is 106 Å². The normalized spacial score (nSPS) is 40.8. The summed E-state index contributed by atoms with van der Waals surface area (Å²) in [6.07, 6.45) is 4.46. The molecule has 0 spiro atoms. The van der Waals surface area contributed by atoms with E-state index in [4.69, 9.17) is 9.47 Å². The summed E-state index contributed by atoms with van der Waals surface area (Å²) in [7, 11) is 0. The Kier molecular flexibility index (Phi) is 10.8. The fourth-order valence-corrected chi connectivity index (χ4v) is 12.5. The van der Waals surface area contributed by atoms with E-state index in [9.17, 15) is 98.4 Å². The first-order valence-corrected chi connectivity index (χ1v) is 19.1. The number of carbonyl (C=O) groups excluding carboxylic acids is 4. The van der Waals surface area contributed by atoms with Gasteiger partial charge in [0.15, 0.2) is 0 Å². The smallest absolute Gasteiger partial charge is 0.318 e. The van der Waals surface area contributed by atoms with Crippen LogP contribution in [0.15, 0.2) is 35.5 Å². The van der Waals surface area contributed by atoms with E-state index >= 15 is 0 Å². The Hall–Kier alpha value is -6.74. The van der Waals surface area contributed by atoms with Crippen molar-refractivity contribution in [1.29, 1.82) is 0 Å². The first kappa shape index (κ1) is 44.8. The zero-order chi connectivity index (χ0) is 46.6. The Morgan fingerprint density at radius 3 is 0.887 bits per heavy atom. The van der Waals surface area contributed by atoms with Crippen molar-refractivity contribution < 1.29 is 108 Å². The fourth-order valence-electron chi connectivity index (χ4n) is 12.5. The van der Waals surface area contributed by atoms with E-state index in [1.165, 1.54) is 26.0 Å². The average molecular weight is 873 g/mol. The standard InChI is InChI=1S/C40H40O22/c1-9-7-39(3)23(33(53)54)19(29(45)46)13(9)21(31(49)50)25(39)37(59)61-35(57)17-11-5-6-12(16(28(43)44)15(11)27(41)42)18(17)36(58)62-38(60)26-22(32(51)52)14-10(2)8-40(26,4)24(34(55)56)20(14)30(47)48/h5-8,11-26H,1-4H3,(H,41,42)(H,43,44)(H,45,46)(H,47,48)(H,49,50)(H,51,52)(H,53,54)(H,55,56). The molecule has 0 amide bonds. The van der Waals surface area contributed by atoms with Crippen molar-refractivity contribution in [3.05, 3.63) is 35.5 Å². The maximum atomic E-state index is 14.3.